The third kappa shape index (κ3) is 4.16. The first-order valence-electron chi connectivity index (χ1n) is 7.38. The number of hydrogen-bond donors (Lipinski definition) is 0. The number of carbonyl (C=O) groups is 1. The number of carbonyl (C=O) groups excluding carboxylic acids is 1. The van der Waals surface area contributed by atoms with E-state index >= 15 is 0 Å². The molecular weight excluding hydrogens is 427 g/mol. The molecule has 3 rings (SSSR count). The molecule has 0 saturated heterocycles. The molecule has 0 aliphatic carbocycles. The molecule has 0 spiro atoms. The zero-order chi connectivity index (χ0) is 21.2. The van der Waals surface area contributed by atoms with E-state index in [1.54, 1.807) is 18.2 Å². The molecule has 1 aromatic carbocycles. The van der Waals surface area contributed by atoms with Gasteiger partial charge in [0.25, 0.3) is 0 Å². The largest absolute Gasteiger partial charge is 0.422 e. The summed E-state index contributed by atoms with van der Waals surface area (Å²) in [6, 6.07) is 8.78. The van der Waals surface area contributed by atoms with Crippen molar-refractivity contribution >= 4 is 29.5 Å². The van der Waals surface area contributed by atoms with Crippen LogP contribution in [0.4, 0.5) is 13.2 Å². The van der Waals surface area contributed by atoms with Gasteiger partial charge in [0.15, 0.2) is 17.0 Å². The summed E-state index contributed by atoms with van der Waals surface area (Å²) in [5.74, 6) is -1.53. The normalized spacial score (nSPS) is 12.3. The van der Waals surface area contributed by atoms with Gasteiger partial charge in [0.1, 0.15) is 34.0 Å². The average molecular weight is 431 g/mol. The number of hydrogen-bond acceptors (Lipinski definition) is 9. The summed E-state index contributed by atoms with van der Waals surface area (Å²) < 4.78 is 43.4. The van der Waals surface area contributed by atoms with Crippen LogP contribution in [-0.2, 0) is 11.0 Å². The molecule has 0 saturated carbocycles. The monoisotopic (exact) mass is 431 g/mol. The molecule has 0 N–H and O–H groups in total. The van der Waals surface area contributed by atoms with Crippen molar-refractivity contribution in [2.45, 2.75) is 16.2 Å². The van der Waals surface area contributed by atoms with Crippen LogP contribution < -0.4 is 4.74 Å². The van der Waals surface area contributed by atoms with Gasteiger partial charge in [0.05, 0.1) is 9.80 Å². The predicted molar refractivity (Wildman–Crippen MR) is 92.9 cm³/mol. The highest BCUT2D eigenvalue weighted by atomic mass is 32.2. The Hall–Kier alpha value is -3.53. The lowest BCUT2D eigenvalue weighted by molar-refractivity contribution is -0.138. The van der Waals surface area contributed by atoms with Crippen molar-refractivity contribution in [3.63, 3.8) is 0 Å². The van der Waals surface area contributed by atoms with Gasteiger partial charge in [-0.05, 0) is 18.2 Å². The highest BCUT2D eigenvalue weighted by molar-refractivity contribution is 8.24. The highest BCUT2D eigenvalue weighted by Crippen LogP contribution is 2.50. The van der Waals surface area contributed by atoms with E-state index in [1.807, 2.05) is 0 Å². The second-order valence-electron chi connectivity index (χ2n) is 5.15. The summed E-state index contributed by atoms with van der Waals surface area (Å²) in [7, 11) is 0. The Morgan fingerprint density at radius 3 is 2.10 bits per heavy atom. The number of benzene rings is 1. The molecule has 1 aliphatic heterocycles. The first kappa shape index (κ1) is 20.2. The standard InChI is InChI=1S/C17H4F3N5O2S2/c18-17(19,20)8-2-1-3-9(4-8)27-15(26)10(5-21)16-28-13-14(29-16)25-12(7-23)11(6-22)24-13/h1-4H. The number of esters is 1. The number of rotatable bonds is 2. The molecule has 0 fully saturated rings. The maximum Gasteiger partial charge on any atom is 0.416 e. The number of fused-ring (bicyclic) bond motifs is 1. The van der Waals surface area contributed by atoms with Crippen LogP contribution in [-0.4, -0.2) is 15.9 Å². The van der Waals surface area contributed by atoms with Crippen molar-refractivity contribution in [1.29, 1.82) is 15.8 Å². The summed E-state index contributed by atoms with van der Waals surface area (Å²) >= 11 is 1.74. The minimum atomic E-state index is -4.62. The molecule has 142 valence electrons. The van der Waals surface area contributed by atoms with Crippen LogP contribution in [0.2, 0.25) is 0 Å². The topological polar surface area (TPSA) is 123 Å². The van der Waals surface area contributed by atoms with Crippen molar-refractivity contribution in [1.82, 2.24) is 9.97 Å². The molecule has 0 radical (unpaired) electrons. The van der Waals surface area contributed by atoms with Crippen LogP contribution in [0.25, 0.3) is 0 Å². The second kappa shape index (κ2) is 7.84. The Bertz CT molecular complexity index is 1140. The molecule has 2 heterocycles. The van der Waals surface area contributed by atoms with Crippen LogP contribution in [0.1, 0.15) is 17.0 Å². The van der Waals surface area contributed by atoms with E-state index in [-0.39, 0.29) is 31.4 Å². The van der Waals surface area contributed by atoms with Gasteiger partial charge in [0, 0.05) is 0 Å². The van der Waals surface area contributed by atoms with Gasteiger partial charge in [-0.2, -0.15) is 29.0 Å². The second-order valence-corrected chi connectivity index (χ2v) is 7.40. The predicted octanol–water partition coefficient (Wildman–Crippen LogP) is 3.78. The van der Waals surface area contributed by atoms with E-state index in [1.165, 1.54) is 0 Å². The van der Waals surface area contributed by atoms with Crippen molar-refractivity contribution in [2.24, 2.45) is 0 Å². The maximum absolute atomic E-state index is 12.8. The van der Waals surface area contributed by atoms with E-state index in [2.05, 4.69) is 9.97 Å². The van der Waals surface area contributed by atoms with Crippen LogP contribution in [0.15, 0.2) is 44.1 Å². The molecule has 0 bridgehead atoms. The summed E-state index contributed by atoms with van der Waals surface area (Å²) in [5, 5.41) is 27.8. The van der Waals surface area contributed by atoms with Gasteiger partial charge in [0.2, 0.25) is 0 Å². The van der Waals surface area contributed by atoms with Crippen LogP contribution in [0, 0.1) is 34.0 Å². The fourth-order valence-corrected chi connectivity index (χ4v) is 4.30. The van der Waals surface area contributed by atoms with E-state index in [9.17, 15) is 23.2 Å². The minimum Gasteiger partial charge on any atom is -0.422 e. The number of nitriles is 3. The van der Waals surface area contributed by atoms with Crippen molar-refractivity contribution in [3.05, 3.63) is 51.0 Å². The number of aromatic nitrogens is 2. The molecule has 1 aromatic heterocycles. The van der Waals surface area contributed by atoms with Crippen molar-refractivity contribution < 1.29 is 22.7 Å². The van der Waals surface area contributed by atoms with E-state index in [0.29, 0.717) is 6.07 Å². The lowest BCUT2D eigenvalue weighted by Crippen LogP contribution is -2.12. The Labute approximate surface area is 169 Å². The van der Waals surface area contributed by atoms with Crippen LogP contribution >= 0.6 is 23.5 Å². The average Bonchev–Trinajstić information content (AvgIpc) is 3.09. The smallest absolute Gasteiger partial charge is 0.416 e. The number of halogens is 3. The third-order valence-corrected chi connectivity index (χ3v) is 5.68. The Balaban J connectivity index is 1.89. The zero-order valence-electron chi connectivity index (χ0n) is 13.8. The number of alkyl halides is 3. The molecule has 12 heteroatoms. The van der Waals surface area contributed by atoms with Crippen LogP contribution in [0.3, 0.4) is 0 Å². The molecule has 1 aliphatic rings. The quantitative estimate of drug-likeness (QED) is 0.302. The van der Waals surface area contributed by atoms with Gasteiger partial charge in [-0.1, -0.05) is 29.6 Å². The number of nitrogens with zero attached hydrogens (tertiary/aromatic N) is 5. The first-order chi connectivity index (χ1) is 13.8. The SMILES string of the molecule is N#CC(C(=O)Oc1cccc(C(F)(F)F)c1)=C1Sc2nc(C#N)c(C#N)nc2S1. The summed E-state index contributed by atoms with van der Waals surface area (Å²) in [6.45, 7) is 0. The minimum absolute atomic E-state index is 0.124. The highest BCUT2D eigenvalue weighted by Gasteiger charge is 2.32. The molecule has 0 unspecified atom stereocenters. The molecule has 0 amide bonds. The Morgan fingerprint density at radius 1 is 1.03 bits per heavy atom. The number of ether oxygens (including phenoxy) is 1. The Morgan fingerprint density at radius 2 is 1.62 bits per heavy atom. The first-order valence-corrected chi connectivity index (χ1v) is 9.02. The zero-order valence-corrected chi connectivity index (χ0v) is 15.4. The fraction of sp³-hybridized carbons (Fsp3) is 0.0588. The number of thioether (sulfide) groups is 2. The van der Waals surface area contributed by atoms with Gasteiger partial charge < -0.3 is 4.74 Å². The summed E-state index contributed by atoms with van der Waals surface area (Å²) in [6.07, 6.45) is -4.62. The van der Waals surface area contributed by atoms with Crippen molar-refractivity contribution in [3.8, 4) is 24.0 Å². The molecule has 7 nitrogen and oxygen atoms in total. The maximum atomic E-state index is 12.8. The van der Waals surface area contributed by atoms with E-state index in [4.69, 9.17) is 15.3 Å². The van der Waals surface area contributed by atoms with Gasteiger partial charge >= 0.3 is 12.1 Å². The van der Waals surface area contributed by atoms with Crippen molar-refractivity contribution in [2.75, 3.05) is 0 Å². The van der Waals surface area contributed by atoms with E-state index < -0.39 is 23.3 Å². The van der Waals surface area contributed by atoms with Gasteiger partial charge in [-0.25, -0.2) is 14.8 Å². The van der Waals surface area contributed by atoms with Crippen LogP contribution in [0.5, 0.6) is 5.75 Å². The molecule has 29 heavy (non-hydrogen) atoms. The fourth-order valence-electron chi connectivity index (χ4n) is 2.06. The van der Waals surface area contributed by atoms with Gasteiger partial charge in [-0.3, -0.25) is 0 Å². The van der Waals surface area contributed by atoms with E-state index in [0.717, 1.165) is 41.7 Å². The summed E-state index contributed by atoms with van der Waals surface area (Å²) in [5.41, 5.74) is -1.88. The molecular formula is C17H4F3N5O2S2. The lowest BCUT2D eigenvalue weighted by Gasteiger charge is -2.09. The molecule has 2 aromatic rings. The third-order valence-electron chi connectivity index (χ3n) is 3.32. The summed E-state index contributed by atoms with van der Waals surface area (Å²) in [4.78, 5) is 20.3. The molecule has 0 atom stereocenters. The lowest BCUT2D eigenvalue weighted by atomic mass is 10.2. The Kier molecular flexibility index (Phi) is 5.46. The van der Waals surface area contributed by atoms with Gasteiger partial charge in [-0.15, -0.1) is 0 Å².